The smallest absolute Gasteiger partial charge is 0.305 e. The van der Waals surface area contributed by atoms with Crippen LogP contribution in [-0.2, 0) is 14.4 Å². The first-order valence-corrected chi connectivity index (χ1v) is 8.91. The van der Waals surface area contributed by atoms with E-state index in [1.54, 1.807) is 12.1 Å². The molecule has 134 valence electrons. The number of hydrogen-bond donors (Lipinski definition) is 2. The van der Waals surface area contributed by atoms with Crippen LogP contribution in [0, 0.1) is 5.92 Å². The molecule has 2 amide bonds. The van der Waals surface area contributed by atoms with Crippen molar-refractivity contribution in [3.63, 3.8) is 0 Å². The maximum absolute atomic E-state index is 12.6. The highest BCUT2D eigenvalue weighted by Crippen LogP contribution is 2.30. The molecule has 0 unspecified atom stereocenters. The normalized spacial score (nSPS) is 22.2. The van der Waals surface area contributed by atoms with Crippen molar-refractivity contribution >= 4 is 17.8 Å². The van der Waals surface area contributed by atoms with Crippen LogP contribution in [0.5, 0.6) is 0 Å². The van der Waals surface area contributed by atoms with E-state index in [0.29, 0.717) is 6.54 Å². The lowest BCUT2D eigenvalue weighted by Crippen LogP contribution is -2.38. The number of likely N-dealkylation sites (tertiary alicyclic amines) is 1. The van der Waals surface area contributed by atoms with Gasteiger partial charge in [0, 0.05) is 19.0 Å². The van der Waals surface area contributed by atoms with Crippen LogP contribution in [0.15, 0.2) is 30.3 Å². The Morgan fingerprint density at radius 1 is 1.20 bits per heavy atom. The topological polar surface area (TPSA) is 86.7 Å². The number of amides is 2. The van der Waals surface area contributed by atoms with Crippen LogP contribution in [0.2, 0.25) is 0 Å². The van der Waals surface area contributed by atoms with Gasteiger partial charge in [-0.1, -0.05) is 43.2 Å². The molecular weight excluding hydrogens is 320 g/mol. The minimum atomic E-state index is -0.968. The minimum Gasteiger partial charge on any atom is -0.481 e. The lowest BCUT2D eigenvalue weighted by Gasteiger charge is -2.24. The van der Waals surface area contributed by atoms with Crippen molar-refractivity contribution in [3.8, 4) is 0 Å². The van der Waals surface area contributed by atoms with Crippen molar-refractivity contribution < 1.29 is 19.5 Å². The molecule has 1 heterocycles. The van der Waals surface area contributed by atoms with Crippen molar-refractivity contribution in [2.75, 3.05) is 6.54 Å². The highest BCUT2D eigenvalue weighted by Gasteiger charge is 2.39. The molecule has 1 saturated heterocycles. The van der Waals surface area contributed by atoms with E-state index in [9.17, 15) is 14.4 Å². The summed E-state index contributed by atoms with van der Waals surface area (Å²) in [6.45, 7) is 0.448. The average molecular weight is 344 g/mol. The second kappa shape index (κ2) is 7.68. The SMILES string of the molecule is O=C(O)C[C@H](NC(=O)[C@H]1CC(=O)N(C2CCCC2)C1)c1ccccc1. The lowest BCUT2D eigenvalue weighted by atomic mass is 10.0. The van der Waals surface area contributed by atoms with Gasteiger partial charge in [-0.25, -0.2) is 0 Å². The molecule has 1 aliphatic carbocycles. The third-order valence-electron chi connectivity index (χ3n) is 5.19. The molecule has 0 bridgehead atoms. The van der Waals surface area contributed by atoms with Gasteiger partial charge in [0.25, 0.3) is 0 Å². The second-order valence-corrected chi connectivity index (χ2v) is 6.96. The molecule has 2 atom stereocenters. The first-order chi connectivity index (χ1) is 12.0. The van der Waals surface area contributed by atoms with E-state index in [0.717, 1.165) is 31.2 Å². The third kappa shape index (κ3) is 4.18. The number of hydrogen-bond acceptors (Lipinski definition) is 3. The fraction of sp³-hybridized carbons (Fsp3) is 0.526. The Labute approximate surface area is 147 Å². The lowest BCUT2D eigenvalue weighted by molar-refractivity contribution is -0.138. The number of nitrogens with one attached hydrogen (secondary N) is 1. The molecular formula is C19H24N2O4. The van der Waals surface area contributed by atoms with Gasteiger partial charge in [-0.05, 0) is 18.4 Å². The van der Waals surface area contributed by atoms with Gasteiger partial charge in [0.05, 0.1) is 18.4 Å². The summed E-state index contributed by atoms with van der Waals surface area (Å²) in [4.78, 5) is 37.9. The predicted molar refractivity (Wildman–Crippen MR) is 91.7 cm³/mol. The van der Waals surface area contributed by atoms with Gasteiger partial charge in [0.15, 0.2) is 0 Å². The zero-order valence-electron chi connectivity index (χ0n) is 14.2. The van der Waals surface area contributed by atoms with E-state index in [-0.39, 0.29) is 30.7 Å². The molecule has 0 radical (unpaired) electrons. The largest absolute Gasteiger partial charge is 0.481 e. The van der Waals surface area contributed by atoms with E-state index in [1.165, 1.54) is 0 Å². The molecule has 25 heavy (non-hydrogen) atoms. The monoisotopic (exact) mass is 344 g/mol. The minimum absolute atomic E-state index is 0.0431. The molecule has 6 heteroatoms. The van der Waals surface area contributed by atoms with Crippen LogP contribution < -0.4 is 5.32 Å². The maximum atomic E-state index is 12.6. The van der Waals surface area contributed by atoms with Gasteiger partial charge in [-0.15, -0.1) is 0 Å². The number of nitrogens with zero attached hydrogens (tertiary/aromatic N) is 1. The summed E-state index contributed by atoms with van der Waals surface area (Å²) in [6, 6.07) is 8.78. The standard InChI is InChI=1S/C19H24N2O4/c22-17-10-14(12-21(17)15-8-4-5-9-15)19(25)20-16(11-18(23)24)13-6-2-1-3-7-13/h1-3,6-7,14-16H,4-5,8-12H2,(H,20,25)(H,23,24)/t14-,16-/m0/s1. The average Bonchev–Trinajstić information content (AvgIpc) is 3.24. The number of aliphatic carboxylic acids is 1. The number of rotatable bonds is 6. The number of benzene rings is 1. The molecule has 1 aromatic rings. The number of carbonyl (C=O) groups excluding carboxylic acids is 2. The highest BCUT2D eigenvalue weighted by molar-refractivity contribution is 5.89. The van der Waals surface area contributed by atoms with E-state index < -0.39 is 17.9 Å². The molecule has 2 aliphatic rings. The Morgan fingerprint density at radius 3 is 2.52 bits per heavy atom. The summed E-state index contributed by atoms with van der Waals surface area (Å²) in [5.74, 6) is -1.55. The Kier molecular flexibility index (Phi) is 5.36. The Balaban J connectivity index is 1.65. The van der Waals surface area contributed by atoms with Gasteiger partial charge in [-0.3, -0.25) is 14.4 Å². The quantitative estimate of drug-likeness (QED) is 0.827. The van der Waals surface area contributed by atoms with Crippen molar-refractivity contribution in [3.05, 3.63) is 35.9 Å². The van der Waals surface area contributed by atoms with Crippen LogP contribution in [0.1, 0.15) is 50.1 Å². The van der Waals surface area contributed by atoms with Crippen molar-refractivity contribution in [2.24, 2.45) is 5.92 Å². The fourth-order valence-corrected chi connectivity index (χ4v) is 3.88. The molecule has 2 N–H and O–H groups in total. The van der Waals surface area contributed by atoms with Gasteiger partial charge >= 0.3 is 5.97 Å². The molecule has 1 aromatic carbocycles. The summed E-state index contributed by atoms with van der Waals surface area (Å²) in [6.07, 6.45) is 4.36. The Bertz CT molecular complexity index is 640. The van der Waals surface area contributed by atoms with Crippen molar-refractivity contribution in [2.45, 2.75) is 50.6 Å². The van der Waals surface area contributed by atoms with Crippen LogP contribution in [0.25, 0.3) is 0 Å². The zero-order chi connectivity index (χ0) is 17.8. The molecule has 1 saturated carbocycles. The van der Waals surface area contributed by atoms with Crippen LogP contribution in [-0.4, -0.2) is 40.4 Å². The second-order valence-electron chi connectivity index (χ2n) is 6.96. The van der Waals surface area contributed by atoms with Gasteiger partial charge in [0.1, 0.15) is 0 Å². The number of carboxylic acids is 1. The van der Waals surface area contributed by atoms with E-state index in [1.807, 2.05) is 23.1 Å². The molecule has 0 aromatic heterocycles. The van der Waals surface area contributed by atoms with E-state index >= 15 is 0 Å². The molecule has 6 nitrogen and oxygen atoms in total. The fourth-order valence-electron chi connectivity index (χ4n) is 3.88. The van der Waals surface area contributed by atoms with Gasteiger partial charge < -0.3 is 15.3 Å². The molecule has 2 fully saturated rings. The zero-order valence-corrected chi connectivity index (χ0v) is 14.2. The van der Waals surface area contributed by atoms with Crippen molar-refractivity contribution in [1.29, 1.82) is 0 Å². The number of carboxylic acid groups (broad SMARTS) is 1. The summed E-state index contributed by atoms with van der Waals surface area (Å²) in [5, 5.41) is 12.0. The van der Waals surface area contributed by atoms with E-state index in [2.05, 4.69) is 5.32 Å². The predicted octanol–water partition coefficient (Wildman–Crippen LogP) is 2.11. The summed E-state index contributed by atoms with van der Waals surface area (Å²) >= 11 is 0. The van der Waals surface area contributed by atoms with E-state index in [4.69, 9.17) is 5.11 Å². The first-order valence-electron chi connectivity index (χ1n) is 8.91. The van der Waals surface area contributed by atoms with Gasteiger partial charge in [-0.2, -0.15) is 0 Å². The summed E-state index contributed by atoms with van der Waals surface area (Å²) in [7, 11) is 0. The van der Waals surface area contributed by atoms with Crippen LogP contribution in [0.3, 0.4) is 0 Å². The molecule has 0 spiro atoms. The van der Waals surface area contributed by atoms with Crippen molar-refractivity contribution in [1.82, 2.24) is 10.2 Å². The third-order valence-corrected chi connectivity index (χ3v) is 5.19. The van der Waals surface area contributed by atoms with Crippen LogP contribution in [0.4, 0.5) is 0 Å². The summed E-state index contributed by atoms with van der Waals surface area (Å²) < 4.78 is 0. The van der Waals surface area contributed by atoms with Crippen LogP contribution >= 0.6 is 0 Å². The maximum Gasteiger partial charge on any atom is 0.305 e. The number of carbonyl (C=O) groups is 3. The first kappa shape index (κ1) is 17.5. The van der Waals surface area contributed by atoms with Gasteiger partial charge in [0.2, 0.25) is 11.8 Å². The Morgan fingerprint density at radius 2 is 1.88 bits per heavy atom. The highest BCUT2D eigenvalue weighted by atomic mass is 16.4. The Hall–Kier alpha value is -2.37. The molecule has 3 rings (SSSR count). The molecule has 1 aliphatic heterocycles. The summed E-state index contributed by atoms with van der Waals surface area (Å²) in [5.41, 5.74) is 0.759.